The third kappa shape index (κ3) is 5.15. The van der Waals surface area contributed by atoms with Gasteiger partial charge in [0.05, 0.1) is 14.2 Å². The summed E-state index contributed by atoms with van der Waals surface area (Å²) in [6, 6.07) is 12.2. The molecule has 0 aliphatic carbocycles. The summed E-state index contributed by atoms with van der Waals surface area (Å²) >= 11 is 12.2. The molecule has 0 spiro atoms. The lowest BCUT2D eigenvalue weighted by molar-refractivity contribution is 0.391. The first-order chi connectivity index (χ1) is 14.4. The predicted molar refractivity (Wildman–Crippen MR) is 122 cm³/mol. The van der Waals surface area contributed by atoms with Crippen LogP contribution in [0.5, 0.6) is 11.5 Å². The Bertz CT molecular complexity index is 1010. The molecule has 3 rings (SSSR count). The summed E-state index contributed by atoms with van der Waals surface area (Å²) in [4.78, 5) is 10.5. The van der Waals surface area contributed by atoms with Crippen LogP contribution >= 0.6 is 23.2 Å². The molecule has 0 saturated carbocycles. The zero-order chi connectivity index (χ0) is 21.7. The van der Waals surface area contributed by atoms with Crippen molar-refractivity contribution in [3.63, 3.8) is 0 Å². The van der Waals surface area contributed by atoms with E-state index in [1.165, 1.54) is 16.8 Å². The molecule has 1 heterocycles. The van der Waals surface area contributed by atoms with Gasteiger partial charge in [-0.1, -0.05) is 35.9 Å². The number of methoxy groups -OCH3 is 2. The van der Waals surface area contributed by atoms with Crippen molar-refractivity contribution in [1.29, 1.82) is 0 Å². The molecule has 3 aromatic rings. The molecular weight excluding hydrogens is 421 g/mol. The highest BCUT2D eigenvalue weighted by molar-refractivity contribution is 6.32. The second-order valence-electron chi connectivity index (χ2n) is 7.04. The topological polar surface area (TPSA) is 47.5 Å². The number of halogens is 2. The molecule has 5 nitrogen and oxygen atoms in total. The molecule has 30 heavy (non-hydrogen) atoms. The Morgan fingerprint density at radius 2 is 1.70 bits per heavy atom. The van der Waals surface area contributed by atoms with E-state index in [0.29, 0.717) is 11.7 Å². The van der Waals surface area contributed by atoms with E-state index < -0.39 is 0 Å². The van der Waals surface area contributed by atoms with E-state index in [0.717, 1.165) is 35.6 Å². The second kappa shape index (κ2) is 10.0. The molecule has 0 amide bonds. The molecule has 0 N–H and O–H groups in total. The molecule has 7 heteroatoms. The summed E-state index contributed by atoms with van der Waals surface area (Å²) in [6.45, 7) is 5.56. The standard InChI is InChI=1S/C23H25Cl2N3O2/c1-15-6-5-7-16(2)21(15)28(14-18-13-26-23(25)27-22(18)24)11-10-17-8-9-19(29-3)12-20(17)30-4/h5-9,12-13H,10-11,14H2,1-4H3. The van der Waals surface area contributed by atoms with Crippen molar-refractivity contribution in [2.75, 3.05) is 25.7 Å². The SMILES string of the molecule is COc1ccc(CCN(Cc2cnc(Cl)nc2Cl)c2c(C)cccc2C)c(OC)c1. The van der Waals surface area contributed by atoms with Crippen molar-refractivity contribution < 1.29 is 9.47 Å². The normalized spacial score (nSPS) is 10.7. The summed E-state index contributed by atoms with van der Waals surface area (Å²) < 4.78 is 10.9. The van der Waals surface area contributed by atoms with E-state index >= 15 is 0 Å². The van der Waals surface area contributed by atoms with Crippen molar-refractivity contribution in [2.45, 2.75) is 26.8 Å². The molecule has 0 atom stereocenters. The highest BCUT2D eigenvalue weighted by Gasteiger charge is 2.16. The molecule has 0 radical (unpaired) electrons. The summed E-state index contributed by atoms with van der Waals surface area (Å²) in [7, 11) is 3.32. The van der Waals surface area contributed by atoms with Crippen LogP contribution in [0, 0.1) is 13.8 Å². The number of aryl methyl sites for hydroxylation is 2. The number of anilines is 1. The minimum atomic E-state index is 0.144. The molecule has 0 unspecified atom stereocenters. The van der Waals surface area contributed by atoms with Gasteiger partial charge in [0.15, 0.2) is 0 Å². The van der Waals surface area contributed by atoms with Crippen molar-refractivity contribution in [1.82, 2.24) is 9.97 Å². The average molecular weight is 446 g/mol. The van der Waals surface area contributed by atoms with E-state index in [4.69, 9.17) is 32.7 Å². The summed E-state index contributed by atoms with van der Waals surface area (Å²) in [6.07, 6.45) is 2.47. The van der Waals surface area contributed by atoms with Crippen LogP contribution in [0.25, 0.3) is 0 Å². The maximum atomic E-state index is 6.34. The van der Waals surface area contributed by atoms with Gasteiger partial charge in [0.25, 0.3) is 0 Å². The molecule has 0 fully saturated rings. The monoisotopic (exact) mass is 445 g/mol. The van der Waals surface area contributed by atoms with Gasteiger partial charge in [-0.25, -0.2) is 9.97 Å². The number of nitrogens with zero attached hydrogens (tertiary/aromatic N) is 3. The Balaban J connectivity index is 1.92. The molecular formula is C23H25Cl2N3O2. The van der Waals surface area contributed by atoms with Crippen LogP contribution in [0.3, 0.4) is 0 Å². The highest BCUT2D eigenvalue weighted by Crippen LogP contribution is 2.30. The van der Waals surface area contributed by atoms with E-state index in [1.807, 2.05) is 18.2 Å². The maximum Gasteiger partial charge on any atom is 0.223 e. The van der Waals surface area contributed by atoms with Crippen molar-refractivity contribution in [3.05, 3.63) is 75.3 Å². The molecule has 0 saturated heterocycles. The van der Waals surface area contributed by atoms with Gasteiger partial charge in [-0.2, -0.15) is 0 Å². The van der Waals surface area contributed by atoms with Crippen LogP contribution in [0.1, 0.15) is 22.3 Å². The Morgan fingerprint density at radius 3 is 2.33 bits per heavy atom. The first kappa shape index (κ1) is 22.2. The Morgan fingerprint density at radius 1 is 0.967 bits per heavy atom. The number of ether oxygens (including phenoxy) is 2. The molecule has 1 aromatic heterocycles. The highest BCUT2D eigenvalue weighted by atomic mass is 35.5. The lowest BCUT2D eigenvalue weighted by atomic mass is 10.1. The second-order valence-corrected chi connectivity index (χ2v) is 7.74. The van der Waals surface area contributed by atoms with Crippen LogP contribution < -0.4 is 14.4 Å². The van der Waals surface area contributed by atoms with Crippen LogP contribution in [0.4, 0.5) is 5.69 Å². The van der Waals surface area contributed by atoms with Crippen LogP contribution in [0.15, 0.2) is 42.6 Å². The number of para-hydroxylation sites is 1. The summed E-state index contributed by atoms with van der Waals surface area (Å²) in [5.41, 5.74) is 5.50. The first-order valence-corrected chi connectivity index (χ1v) is 10.4. The lowest BCUT2D eigenvalue weighted by Crippen LogP contribution is -2.27. The summed E-state index contributed by atoms with van der Waals surface area (Å²) in [5.74, 6) is 1.58. The van der Waals surface area contributed by atoms with Gasteiger partial charge in [0.1, 0.15) is 16.7 Å². The fourth-order valence-corrected chi connectivity index (χ4v) is 3.93. The van der Waals surface area contributed by atoms with Gasteiger partial charge < -0.3 is 14.4 Å². The number of hydrogen-bond acceptors (Lipinski definition) is 5. The van der Waals surface area contributed by atoms with Gasteiger partial charge in [0, 0.05) is 36.6 Å². The Labute approximate surface area is 187 Å². The predicted octanol–water partition coefficient (Wildman–Crippen LogP) is 5.67. The molecule has 158 valence electrons. The third-order valence-electron chi connectivity index (χ3n) is 5.04. The van der Waals surface area contributed by atoms with E-state index in [1.54, 1.807) is 20.4 Å². The first-order valence-electron chi connectivity index (χ1n) is 9.62. The fraction of sp³-hybridized carbons (Fsp3) is 0.304. The fourth-order valence-electron chi connectivity index (χ4n) is 3.57. The van der Waals surface area contributed by atoms with Crippen LogP contribution in [0.2, 0.25) is 10.4 Å². The summed E-state index contributed by atoms with van der Waals surface area (Å²) in [5, 5.41) is 0.513. The maximum absolute atomic E-state index is 6.34. The van der Waals surface area contributed by atoms with Crippen LogP contribution in [-0.4, -0.2) is 30.7 Å². The number of benzene rings is 2. The minimum Gasteiger partial charge on any atom is -0.497 e. The minimum absolute atomic E-state index is 0.144. The Kier molecular flexibility index (Phi) is 7.40. The Hall–Kier alpha value is -2.50. The van der Waals surface area contributed by atoms with Gasteiger partial charge in [-0.15, -0.1) is 0 Å². The van der Waals surface area contributed by atoms with Crippen LogP contribution in [-0.2, 0) is 13.0 Å². The smallest absolute Gasteiger partial charge is 0.223 e. The lowest BCUT2D eigenvalue weighted by Gasteiger charge is -2.29. The number of rotatable bonds is 8. The molecule has 2 aromatic carbocycles. The van der Waals surface area contributed by atoms with Gasteiger partial charge >= 0.3 is 0 Å². The third-order valence-corrected chi connectivity index (χ3v) is 5.55. The van der Waals surface area contributed by atoms with Crippen molar-refractivity contribution in [2.24, 2.45) is 0 Å². The van der Waals surface area contributed by atoms with E-state index in [9.17, 15) is 0 Å². The van der Waals surface area contributed by atoms with E-state index in [2.05, 4.69) is 46.9 Å². The quantitative estimate of drug-likeness (QED) is 0.330. The average Bonchev–Trinajstić information content (AvgIpc) is 2.73. The molecule has 0 aliphatic rings. The van der Waals surface area contributed by atoms with Crippen molar-refractivity contribution >= 4 is 28.9 Å². The van der Waals surface area contributed by atoms with Gasteiger partial charge in [0.2, 0.25) is 5.28 Å². The van der Waals surface area contributed by atoms with Gasteiger partial charge in [-0.3, -0.25) is 0 Å². The van der Waals surface area contributed by atoms with Gasteiger partial charge in [-0.05, 0) is 54.6 Å². The molecule has 0 bridgehead atoms. The molecule has 0 aliphatic heterocycles. The zero-order valence-electron chi connectivity index (χ0n) is 17.6. The van der Waals surface area contributed by atoms with Crippen molar-refractivity contribution in [3.8, 4) is 11.5 Å². The number of aromatic nitrogens is 2. The number of hydrogen-bond donors (Lipinski definition) is 0. The zero-order valence-corrected chi connectivity index (χ0v) is 19.1. The largest absolute Gasteiger partial charge is 0.497 e. The van der Waals surface area contributed by atoms with E-state index in [-0.39, 0.29) is 5.28 Å².